The van der Waals surface area contributed by atoms with Gasteiger partial charge in [0.25, 0.3) is 5.91 Å². The van der Waals surface area contributed by atoms with Crippen molar-refractivity contribution in [3.8, 4) is 5.75 Å². The zero-order valence-corrected chi connectivity index (χ0v) is 14.8. The highest BCUT2D eigenvalue weighted by atomic mass is 35.5. The van der Waals surface area contributed by atoms with Gasteiger partial charge < -0.3 is 14.8 Å². The molecule has 0 saturated carbocycles. The molecule has 4 rings (SSSR count). The lowest BCUT2D eigenvalue weighted by atomic mass is 9.82. The maximum absolute atomic E-state index is 12.8. The number of carbonyl (C=O) groups is 1. The molecular formula is C16H18ClN3O3S. The van der Waals surface area contributed by atoms with E-state index in [2.05, 4.69) is 5.32 Å². The van der Waals surface area contributed by atoms with E-state index in [1.54, 1.807) is 7.11 Å². The normalized spacial score (nSPS) is 22.1. The highest BCUT2D eigenvalue weighted by molar-refractivity contribution is 8.04. The maximum atomic E-state index is 12.8. The summed E-state index contributed by atoms with van der Waals surface area (Å²) in [6, 6.07) is 3.68. The number of thioether (sulfide) groups is 1. The van der Waals surface area contributed by atoms with Crippen LogP contribution in [0.2, 0.25) is 5.02 Å². The fourth-order valence-corrected chi connectivity index (χ4v) is 4.75. The van der Waals surface area contributed by atoms with Crippen molar-refractivity contribution in [1.82, 2.24) is 5.01 Å². The first kappa shape index (κ1) is 16.1. The maximum Gasteiger partial charge on any atom is 0.276 e. The molecule has 6 nitrogen and oxygen atoms in total. The van der Waals surface area contributed by atoms with Gasteiger partial charge in [-0.1, -0.05) is 23.4 Å². The third kappa shape index (κ3) is 2.38. The van der Waals surface area contributed by atoms with Crippen molar-refractivity contribution in [2.45, 2.75) is 29.7 Å². The Labute approximate surface area is 149 Å². The van der Waals surface area contributed by atoms with Crippen LogP contribution in [0.25, 0.3) is 0 Å². The van der Waals surface area contributed by atoms with E-state index >= 15 is 0 Å². The molecule has 0 aliphatic carbocycles. The summed E-state index contributed by atoms with van der Waals surface area (Å²) in [5.74, 6) is 6.64. The van der Waals surface area contributed by atoms with Gasteiger partial charge in [-0.2, -0.15) is 0 Å². The van der Waals surface area contributed by atoms with Gasteiger partial charge in [-0.05, 0) is 25.0 Å². The molecule has 0 aromatic heterocycles. The molecule has 1 fully saturated rings. The summed E-state index contributed by atoms with van der Waals surface area (Å²) < 4.78 is 10.7. The molecule has 24 heavy (non-hydrogen) atoms. The molecule has 3 aliphatic heterocycles. The monoisotopic (exact) mass is 367 g/mol. The lowest BCUT2D eigenvalue weighted by molar-refractivity contribution is -0.139. The Morgan fingerprint density at radius 2 is 2.17 bits per heavy atom. The zero-order chi connectivity index (χ0) is 16.9. The molecule has 3 N–H and O–H groups in total. The molecular weight excluding hydrogens is 350 g/mol. The minimum Gasteiger partial charge on any atom is -0.495 e. The van der Waals surface area contributed by atoms with E-state index in [1.807, 2.05) is 12.1 Å². The molecule has 1 amide bonds. The number of amides is 1. The number of rotatable bonds is 1. The summed E-state index contributed by atoms with van der Waals surface area (Å²) >= 11 is 7.64. The number of nitrogens with two attached hydrogens (primary N) is 1. The van der Waals surface area contributed by atoms with Gasteiger partial charge in [0, 0.05) is 30.2 Å². The second kappa shape index (κ2) is 5.84. The van der Waals surface area contributed by atoms with Crippen molar-refractivity contribution in [2.24, 2.45) is 5.84 Å². The topological polar surface area (TPSA) is 76.8 Å². The number of hydrazine groups is 1. The van der Waals surface area contributed by atoms with Crippen LogP contribution in [0.4, 0.5) is 5.69 Å². The van der Waals surface area contributed by atoms with Crippen molar-refractivity contribution < 1.29 is 14.3 Å². The zero-order valence-electron chi connectivity index (χ0n) is 13.2. The highest BCUT2D eigenvalue weighted by Gasteiger charge is 2.47. The Bertz CT molecular complexity index is 746. The van der Waals surface area contributed by atoms with E-state index in [0.717, 1.165) is 29.1 Å². The largest absolute Gasteiger partial charge is 0.495 e. The Hall–Kier alpha value is -1.41. The summed E-state index contributed by atoms with van der Waals surface area (Å²) in [4.78, 5) is 14.4. The summed E-state index contributed by atoms with van der Waals surface area (Å²) in [5, 5.41) is 5.35. The molecule has 0 unspecified atom stereocenters. The van der Waals surface area contributed by atoms with Crippen molar-refractivity contribution in [3.05, 3.63) is 27.8 Å². The third-order valence-electron chi connectivity index (χ3n) is 4.88. The molecule has 128 valence electrons. The van der Waals surface area contributed by atoms with Crippen LogP contribution in [0.15, 0.2) is 27.6 Å². The Morgan fingerprint density at radius 3 is 2.88 bits per heavy atom. The second-order valence-electron chi connectivity index (χ2n) is 6.21. The number of carbonyl (C=O) groups excluding carboxylic acids is 1. The molecule has 0 radical (unpaired) electrons. The van der Waals surface area contributed by atoms with Gasteiger partial charge in [0.05, 0.1) is 28.3 Å². The number of benzene rings is 1. The van der Waals surface area contributed by atoms with Crippen molar-refractivity contribution >= 4 is 35.0 Å². The average molecular weight is 368 g/mol. The molecule has 8 heteroatoms. The first-order valence-electron chi connectivity index (χ1n) is 7.77. The molecule has 0 atom stereocenters. The molecule has 1 spiro atoms. The lowest BCUT2D eigenvalue weighted by Crippen LogP contribution is -2.61. The van der Waals surface area contributed by atoms with Crippen LogP contribution in [-0.4, -0.2) is 36.8 Å². The van der Waals surface area contributed by atoms with Crippen LogP contribution in [0.3, 0.4) is 0 Å². The minimum atomic E-state index is -0.366. The SMILES string of the molecule is COc1cc2c(cc1Cl)NC1=C(S2)C(=O)N(N)C2(CCOCC2)C1. The molecule has 0 bridgehead atoms. The van der Waals surface area contributed by atoms with Crippen LogP contribution in [0.1, 0.15) is 19.3 Å². The Kier molecular flexibility index (Phi) is 3.91. The molecule has 3 heterocycles. The molecule has 1 aromatic carbocycles. The van der Waals surface area contributed by atoms with E-state index < -0.39 is 0 Å². The van der Waals surface area contributed by atoms with Crippen LogP contribution < -0.4 is 15.9 Å². The third-order valence-corrected chi connectivity index (χ3v) is 6.36. The molecule has 1 aromatic rings. The van der Waals surface area contributed by atoms with E-state index in [9.17, 15) is 4.79 Å². The van der Waals surface area contributed by atoms with Gasteiger partial charge in [0.1, 0.15) is 5.75 Å². The number of hydrogen-bond acceptors (Lipinski definition) is 6. The van der Waals surface area contributed by atoms with Crippen molar-refractivity contribution in [2.75, 3.05) is 25.6 Å². The van der Waals surface area contributed by atoms with E-state index in [0.29, 0.717) is 35.3 Å². The van der Waals surface area contributed by atoms with E-state index in [4.69, 9.17) is 26.9 Å². The predicted molar refractivity (Wildman–Crippen MR) is 92.9 cm³/mol. The predicted octanol–water partition coefficient (Wildman–Crippen LogP) is 2.73. The fourth-order valence-electron chi connectivity index (χ4n) is 3.47. The first-order chi connectivity index (χ1) is 11.5. The van der Waals surface area contributed by atoms with Gasteiger partial charge >= 0.3 is 0 Å². The number of ether oxygens (including phenoxy) is 2. The van der Waals surface area contributed by atoms with E-state index in [-0.39, 0.29) is 11.4 Å². The van der Waals surface area contributed by atoms with Gasteiger partial charge in [-0.25, -0.2) is 5.84 Å². The van der Waals surface area contributed by atoms with Crippen LogP contribution in [0.5, 0.6) is 5.75 Å². The first-order valence-corrected chi connectivity index (χ1v) is 8.96. The molecule has 3 aliphatic rings. The second-order valence-corrected chi connectivity index (χ2v) is 7.67. The smallest absolute Gasteiger partial charge is 0.276 e. The van der Waals surface area contributed by atoms with Crippen molar-refractivity contribution in [3.63, 3.8) is 0 Å². The summed E-state index contributed by atoms with van der Waals surface area (Å²) in [6.45, 7) is 1.24. The number of methoxy groups -OCH3 is 1. The number of nitrogens with one attached hydrogen (secondary N) is 1. The Morgan fingerprint density at radius 1 is 1.42 bits per heavy atom. The number of anilines is 1. The minimum absolute atomic E-state index is 0.143. The number of fused-ring (bicyclic) bond motifs is 1. The van der Waals surface area contributed by atoms with Crippen LogP contribution in [-0.2, 0) is 9.53 Å². The highest BCUT2D eigenvalue weighted by Crippen LogP contribution is 2.49. The standard InChI is InChI=1S/C16H18ClN3O3S/c1-22-12-7-13-10(6-9(12)17)19-11-8-16(2-4-23-5-3-16)20(18)15(21)14(11)24-13/h6-7,19H,2-5,8,18H2,1H3. The van der Waals surface area contributed by atoms with Gasteiger partial charge in [0.15, 0.2) is 0 Å². The van der Waals surface area contributed by atoms with E-state index in [1.165, 1.54) is 16.8 Å². The number of halogens is 1. The summed E-state index contributed by atoms with van der Waals surface area (Å²) in [7, 11) is 1.57. The molecule has 1 saturated heterocycles. The van der Waals surface area contributed by atoms with Gasteiger partial charge in [-0.3, -0.25) is 9.80 Å². The van der Waals surface area contributed by atoms with Crippen molar-refractivity contribution in [1.29, 1.82) is 0 Å². The quantitative estimate of drug-likeness (QED) is 0.587. The number of nitrogens with zero attached hydrogens (tertiary/aromatic N) is 1. The lowest BCUT2D eigenvalue weighted by Gasteiger charge is -2.48. The average Bonchev–Trinajstić information content (AvgIpc) is 2.59. The summed E-state index contributed by atoms with van der Waals surface area (Å²) in [5.41, 5.74) is 1.45. The summed E-state index contributed by atoms with van der Waals surface area (Å²) in [6.07, 6.45) is 2.19. The van der Waals surface area contributed by atoms with Crippen LogP contribution in [0, 0.1) is 0 Å². The van der Waals surface area contributed by atoms with Gasteiger partial charge in [-0.15, -0.1) is 0 Å². The van der Waals surface area contributed by atoms with Crippen LogP contribution >= 0.6 is 23.4 Å². The Balaban J connectivity index is 1.71. The van der Waals surface area contributed by atoms with Gasteiger partial charge in [0.2, 0.25) is 0 Å². The fraction of sp³-hybridized carbons (Fsp3) is 0.438. The number of hydrogen-bond donors (Lipinski definition) is 2.